The first kappa shape index (κ1) is 10.3. The zero-order valence-electron chi connectivity index (χ0n) is 8.58. The molecule has 0 aliphatic rings. The number of hydrogen-bond donors (Lipinski definition) is 1. The molecule has 0 amide bonds. The first-order valence-electron chi connectivity index (χ1n) is 4.59. The van der Waals surface area contributed by atoms with Crippen LogP contribution >= 0.6 is 11.3 Å². The highest BCUT2D eigenvalue weighted by molar-refractivity contribution is 7.09. The third kappa shape index (κ3) is 2.05. The Labute approximate surface area is 91.4 Å². The minimum absolute atomic E-state index is 0.472. The Morgan fingerprint density at radius 2 is 2.33 bits per heavy atom. The highest BCUT2D eigenvalue weighted by Gasteiger charge is 2.15. The molecule has 0 saturated carbocycles. The Hall–Kier alpha value is -1.27. The fourth-order valence-electron chi connectivity index (χ4n) is 1.40. The van der Waals surface area contributed by atoms with Crippen molar-refractivity contribution in [2.75, 3.05) is 0 Å². The van der Waals surface area contributed by atoms with Crippen LogP contribution in [-0.4, -0.2) is 24.9 Å². The molecule has 5 nitrogen and oxygen atoms in total. The highest BCUT2D eigenvalue weighted by atomic mass is 32.1. The highest BCUT2D eigenvalue weighted by Crippen LogP contribution is 2.23. The number of aliphatic hydroxyl groups excluding tert-OH is 1. The van der Waals surface area contributed by atoms with Crippen LogP contribution in [0.1, 0.15) is 22.5 Å². The SMILES string of the molecule is Cc1ncsc1C(O)Cc1ncnn1C. The van der Waals surface area contributed by atoms with Crippen molar-refractivity contribution in [3.63, 3.8) is 0 Å². The lowest BCUT2D eigenvalue weighted by Gasteiger charge is -2.08. The molecule has 1 atom stereocenters. The van der Waals surface area contributed by atoms with Gasteiger partial charge in [-0.15, -0.1) is 11.3 Å². The van der Waals surface area contributed by atoms with Crippen molar-refractivity contribution >= 4 is 11.3 Å². The van der Waals surface area contributed by atoms with E-state index in [1.807, 2.05) is 14.0 Å². The van der Waals surface area contributed by atoms with E-state index in [1.165, 1.54) is 17.7 Å². The Bertz CT molecular complexity index is 450. The minimum atomic E-state index is -0.541. The predicted molar refractivity (Wildman–Crippen MR) is 56.5 cm³/mol. The maximum absolute atomic E-state index is 9.98. The van der Waals surface area contributed by atoms with Crippen LogP contribution < -0.4 is 0 Å². The number of aliphatic hydroxyl groups is 1. The molecule has 15 heavy (non-hydrogen) atoms. The summed E-state index contributed by atoms with van der Waals surface area (Å²) in [5.74, 6) is 0.773. The van der Waals surface area contributed by atoms with Gasteiger partial charge in [-0.2, -0.15) is 5.10 Å². The number of nitrogens with zero attached hydrogens (tertiary/aromatic N) is 4. The topological polar surface area (TPSA) is 63.8 Å². The quantitative estimate of drug-likeness (QED) is 0.839. The van der Waals surface area contributed by atoms with Crippen LogP contribution in [0, 0.1) is 6.92 Å². The Morgan fingerprint density at radius 1 is 1.53 bits per heavy atom. The van der Waals surface area contributed by atoms with Crippen molar-refractivity contribution < 1.29 is 5.11 Å². The monoisotopic (exact) mass is 224 g/mol. The molecule has 0 spiro atoms. The van der Waals surface area contributed by atoms with Gasteiger partial charge in [0.1, 0.15) is 12.2 Å². The van der Waals surface area contributed by atoms with E-state index in [4.69, 9.17) is 0 Å². The van der Waals surface area contributed by atoms with Gasteiger partial charge >= 0.3 is 0 Å². The van der Waals surface area contributed by atoms with E-state index in [-0.39, 0.29) is 0 Å². The lowest BCUT2D eigenvalue weighted by Crippen LogP contribution is -2.07. The van der Waals surface area contributed by atoms with Gasteiger partial charge in [0.15, 0.2) is 0 Å². The van der Waals surface area contributed by atoms with E-state index in [0.717, 1.165) is 16.4 Å². The summed E-state index contributed by atoms with van der Waals surface area (Å²) in [6, 6.07) is 0. The van der Waals surface area contributed by atoms with Gasteiger partial charge in [-0.25, -0.2) is 9.97 Å². The third-order valence-corrected chi connectivity index (χ3v) is 3.30. The molecule has 2 aromatic rings. The van der Waals surface area contributed by atoms with E-state index >= 15 is 0 Å². The summed E-state index contributed by atoms with van der Waals surface area (Å²) >= 11 is 1.47. The summed E-state index contributed by atoms with van der Waals surface area (Å²) in [5.41, 5.74) is 2.62. The van der Waals surface area contributed by atoms with Crippen molar-refractivity contribution in [2.45, 2.75) is 19.4 Å². The molecule has 2 heterocycles. The van der Waals surface area contributed by atoms with E-state index in [0.29, 0.717) is 6.42 Å². The largest absolute Gasteiger partial charge is 0.387 e. The van der Waals surface area contributed by atoms with Gasteiger partial charge in [0.25, 0.3) is 0 Å². The Balaban J connectivity index is 2.14. The first-order valence-corrected chi connectivity index (χ1v) is 5.47. The van der Waals surface area contributed by atoms with Crippen LogP contribution in [0.15, 0.2) is 11.8 Å². The van der Waals surface area contributed by atoms with Crippen molar-refractivity contribution in [2.24, 2.45) is 7.05 Å². The number of aryl methyl sites for hydroxylation is 2. The molecule has 0 aliphatic heterocycles. The van der Waals surface area contributed by atoms with E-state index in [9.17, 15) is 5.11 Å². The number of hydrogen-bond acceptors (Lipinski definition) is 5. The molecule has 6 heteroatoms. The second kappa shape index (κ2) is 4.08. The van der Waals surface area contributed by atoms with Crippen LogP contribution in [0.3, 0.4) is 0 Å². The standard InChI is InChI=1S/C9H12N4OS/c1-6-9(15-5-11-6)7(14)3-8-10-4-12-13(8)2/h4-5,7,14H,3H2,1-2H3. The lowest BCUT2D eigenvalue weighted by atomic mass is 10.2. The molecular weight excluding hydrogens is 212 g/mol. The van der Waals surface area contributed by atoms with Gasteiger partial charge in [-0.05, 0) is 6.92 Å². The van der Waals surface area contributed by atoms with Crippen LogP contribution in [0.4, 0.5) is 0 Å². The van der Waals surface area contributed by atoms with E-state index in [1.54, 1.807) is 10.2 Å². The molecule has 0 aromatic carbocycles. The zero-order valence-corrected chi connectivity index (χ0v) is 9.40. The Morgan fingerprint density at radius 3 is 2.87 bits per heavy atom. The summed E-state index contributed by atoms with van der Waals surface area (Å²) < 4.78 is 1.67. The van der Waals surface area contributed by atoms with Gasteiger partial charge in [0.05, 0.1) is 22.2 Å². The van der Waals surface area contributed by atoms with Crippen LogP contribution in [0.25, 0.3) is 0 Å². The maximum atomic E-state index is 9.98. The summed E-state index contributed by atoms with van der Waals surface area (Å²) in [7, 11) is 1.81. The fourth-order valence-corrected chi connectivity index (χ4v) is 2.19. The molecule has 0 aliphatic carbocycles. The fraction of sp³-hybridized carbons (Fsp3) is 0.444. The number of rotatable bonds is 3. The second-order valence-electron chi connectivity index (χ2n) is 3.32. The van der Waals surface area contributed by atoms with Crippen molar-refractivity contribution in [3.8, 4) is 0 Å². The molecule has 1 unspecified atom stereocenters. The zero-order chi connectivity index (χ0) is 10.8. The molecule has 0 bridgehead atoms. The molecule has 0 fully saturated rings. The van der Waals surface area contributed by atoms with Crippen LogP contribution in [-0.2, 0) is 13.5 Å². The summed E-state index contributed by atoms with van der Waals surface area (Å²) in [6.45, 7) is 1.89. The normalized spacial score (nSPS) is 13.0. The summed E-state index contributed by atoms with van der Waals surface area (Å²) in [4.78, 5) is 9.08. The smallest absolute Gasteiger partial charge is 0.138 e. The molecule has 2 rings (SSSR count). The predicted octanol–water partition coefficient (Wildman–Crippen LogP) is 0.856. The van der Waals surface area contributed by atoms with Gasteiger partial charge in [0.2, 0.25) is 0 Å². The maximum Gasteiger partial charge on any atom is 0.138 e. The average Bonchev–Trinajstić information content (AvgIpc) is 2.76. The van der Waals surface area contributed by atoms with E-state index < -0.39 is 6.10 Å². The van der Waals surface area contributed by atoms with Crippen LogP contribution in [0.2, 0.25) is 0 Å². The minimum Gasteiger partial charge on any atom is -0.387 e. The van der Waals surface area contributed by atoms with Crippen molar-refractivity contribution in [1.82, 2.24) is 19.7 Å². The Kier molecular flexibility index (Phi) is 2.79. The first-order chi connectivity index (χ1) is 7.18. The lowest BCUT2D eigenvalue weighted by molar-refractivity contribution is 0.177. The van der Waals surface area contributed by atoms with Crippen molar-refractivity contribution in [1.29, 1.82) is 0 Å². The van der Waals surface area contributed by atoms with Crippen molar-refractivity contribution in [3.05, 3.63) is 28.2 Å². The molecule has 0 radical (unpaired) electrons. The van der Waals surface area contributed by atoms with Gasteiger partial charge in [0, 0.05) is 13.5 Å². The number of aromatic nitrogens is 4. The third-order valence-electron chi connectivity index (χ3n) is 2.27. The summed E-state index contributed by atoms with van der Waals surface area (Å²) in [6.07, 6.45) is 1.42. The molecule has 80 valence electrons. The van der Waals surface area contributed by atoms with Crippen LogP contribution in [0.5, 0.6) is 0 Å². The van der Waals surface area contributed by atoms with E-state index in [2.05, 4.69) is 15.1 Å². The second-order valence-corrected chi connectivity index (χ2v) is 4.21. The van der Waals surface area contributed by atoms with Gasteiger partial charge in [-0.3, -0.25) is 4.68 Å². The number of thiazole rings is 1. The van der Waals surface area contributed by atoms with Gasteiger partial charge < -0.3 is 5.11 Å². The molecule has 2 aromatic heterocycles. The summed E-state index contributed by atoms with van der Waals surface area (Å²) in [5, 5.41) is 13.9. The molecular formula is C9H12N4OS. The average molecular weight is 224 g/mol. The van der Waals surface area contributed by atoms with Gasteiger partial charge in [-0.1, -0.05) is 0 Å². The molecule has 0 saturated heterocycles. The molecule has 1 N–H and O–H groups in total.